The van der Waals surface area contributed by atoms with Crippen molar-refractivity contribution in [2.45, 2.75) is 18.9 Å². The molecule has 2 heterocycles. The molecule has 3 nitrogen and oxygen atoms in total. The Kier molecular flexibility index (Phi) is 9.07. The zero-order valence-corrected chi connectivity index (χ0v) is 15.1. The Morgan fingerprint density at radius 1 is 1.14 bits per heavy atom. The van der Waals surface area contributed by atoms with Gasteiger partial charge in [0.15, 0.2) is 0 Å². The van der Waals surface area contributed by atoms with E-state index in [2.05, 4.69) is 28.4 Å². The summed E-state index contributed by atoms with van der Waals surface area (Å²) >= 11 is 6.21. The number of nitrogens with zero attached hydrogens (tertiary/aromatic N) is 1. The lowest BCUT2D eigenvalue weighted by Crippen LogP contribution is -2.47. The second-order valence-electron chi connectivity index (χ2n) is 5.74. The van der Waals surface area contributed by atoms with Crippen LogP contribution in [0.2, 0.25) is 5.02 Å². The first-order valence-electron chi connectivity index (χ1n) is 7.62. The number of nitrogens with one attached hydrogen (secondary N) is 1. The largest absolute Gasteiger partial charge is 0.381 e. The van der Waals surface area contributed by atoms with E-state index in [0.29, 0.717) is 12.0 Å². The lowest BCUT2D eigenvalue weighted by atomic mass is 9.85. The van der Waals surface area contributed by atoms with Crippen molar-refractivity contribution in [2.75, 3.05) is 39.4 Å². The minimum Gasteiger partial charge on any atom is -0.381 e. The molecule has 1 aromatic rings. The van der Waals surface area contributed by atoms with Crippen molar-refractivity contribution < 1.29 is 4.74 Å². The Morgan fingerprint density at radius 2 is 1.82 bits per heavy atom. The summed E-state index contributed by atoms with van der Waals surface area (Å²) < 4.78 is 5.54. The Bertz CT molecular complexity index is 417. The maximum Gasteiger partial charge on any atom is 0.0469 e. The fourth-order valence-corrected chi connectivity index (χ4v) is 3.66. The molecular formula is C16H25Cl3N2O. The summed E-state index contributed by atoms with van der Waals surface area (Å²) in [7, 11) is 0. The van der Waals surface area contributed by atoms with Gasteiger partial charge in [0.2, 0.25) is 0 Å². The molecule has 0 spiro atoms. The van der Waals surface area contributed by atoms with E-state index in [1.54, 1.807) is 0 Å². The van der Waals surface area contributed by atoms with Gasteiger partial charge in [-0.05, 0) is 36.5 Å². The average Bonchev–Trinajstić information content (AvgIpc) is 2.50. The predicted octanol–water partition coefficient (Wildman–Crippen LogP) is 3.56. The molecule has 2 aliphatic heterocycles. The van der Waals surface area contributed by atoms with Gasteiger partial charge in [-0.25, -0.2) is 0 Å². The van der Waals surface area contributed by atoms with Gasteiger partial charge in [0.25, 0.3) is 0 Å². The topological polar surface area (TPSA) is 24.5 Å². The number of hydrogen-bond acceptors (Lipinski definition) is 3. The highest BCUT2D eigenvalue weighted by molar-refractivity contribution is 6.30. The fourth-order valence-electron chi connectivity index (χ4n) is 3.46. The van der Waals surface area contributed by atoms with Crippen molar-refractivity contribution in [3.05, 3.63) is 34.9 Å². The van der Waals surface area contributed by atoms with Crippen LogP contribution in [0.4, 0.5) is 0 Å². The molecule has 126 valence electrons. The standard InChI is InChI=1S/C16H23ClN2O.2ClH/c17-15-3-1-2-14(12-15)16(13-4-10-20-11-5-13)19-8-6-18-7-9-19;;/h1-3,12-13,16,18H,4-11H2;2*1H/t16-;;/m0../s1. The van der Waals surface area contributed by atoms with Gasteiger partial charge in [-0.2, -0.15) is 0 Å². The van der Waals surface area contributed by atoms with Crippen LogP contribution in [0.1, 0.15) is 24.4 Å². The first-order chi connectivity index (χ1) is 9.84. The number of rotatable bonds is 3. The Morgan fingerprint density at radius 3 is 2.45 bits per heavy atom. The van der Waals surface area contributed by atoms with Gasteiger partial charge in [0.05, 0.1) is 0 Å². The van der Waals surface area contributed by atoms with Crippen LogP contribution in [0.5, 0.6) is 0 Å². The molecule has 1 atom stereocenters. The summed E-state index contributed by atoms with van der Waals surface area (Å²) in [5, 5.41) is 4.29. The molecule has 3 rings (SSSR count). The molecular weight excluding hydrogens is 343 g/mol. The zero-order valence-electron chi connectivity index (χ0n) is 12.7. The Hall–Kier alpha value is -0.0300. The van der Waals surface area contributed by atoms with E-state index in [9.17, 15) is 0 Å². The summed E-state index contributed by atoms with van der Waals surface area (Å²) in [4.78, 5) is 2.62. The molecule has 0 aromatic heterocycles. The molecule has 2 fully saturated rings. The lowest BCUT2D eigenvalue weighted by Gasteiger charge is -2.41. The molecule has 1 aromatic carbocycles. The number of hydrogen-bond donors (Lipinski definition) is 1. The first kappa shape index (κ1) is 20.0. The highest BCUT2D eigenvalue weighted by Crippen LogP contribution is 2.36. The van der Waals surface area contributed by atoms with Crippen LogP contribution in [0.25, 0.3) is 0 Å². The van der Waals surface area contributed by atoms with Gasteiger partial charge in [0.1, 0.15) is 0 Å². The third-order valence-corrected chi connectivity index (χ3v) is 4.68. The SMILES string of the molecule is Cl.Cl.Clc1cccc([C@H](C2CCOCC2)N2CCNCC2)c1. The molecule has 0 amide bonds. The van der Waals surface area contributed by atoms with Crippen LogP contribution in [0.3, 0.4) is 0 Å². The van der Waals surface area contributed by atoms with E-state index in [4.69, 9.17) is 16.3 Å². The quantitative estimate of drug-likeness (QED) is 0.884. The van der Waals surface area contributed by atoms with Crippen LogP contribution in [-0.4, -0.2) is 44.3 Å². The van der Waals surface area contributed by atoms with Gasteiger partial charge in [-0.15, -0.1) is 24.8 Å². The van der Waals surface area contributed by atoms with Crippen LogP contribution in [0, 0.1) is 5.92 Å². The third kappa shape index (κ3) is 4.98. The normalized spacial score (nSPS) is 21.5. The van der Waals surface area contributed by atoms with Gasteiger partial charge in [0, 0.05) is 50.5 Å². The zero-order chi connectivity index (χ0) is 13.8. The van der Waals surface area contributed by atoms with E-state index in [0.717, 1.165) is 57.3 Å². The molecule has 1 N–H and O–H groups in total. The lowest BCUT2D eigenvalue weighted by molar-refractivity contribution is 0.0213. The maximum atomic E-state index is 6.21. The van der Waals surface area contributed by atoms with E-state index in [1.807, 2.05) is 6.07 Å². The summed E-state index contributed by atoms with van der Waals surface area (Å²) in [5.74, 6) is 0.681. The molecule has 22 heavy (non-hydrogen) atoms. The summed E-state index contributed by atoms with van der Waals surface area (Å²) in [6.07, 6.45) is 2.31. The molecule has 0 saturated carbocycles. The molecule has 0 unspecified atom stereocenters. The Balaban J connectivity index is 0.00000121. The van der Waals surface area contributed by atoms with Crippen molar-refractivity contribution in [3.8, 4) is 0 Å². The van der Waals surface area contributed by atoms with Crippen molar-refractivity contribution in [1.29, 1.82) is 0 Å². The van der Waals surface area contributed by atoms with Gasteiger partial charge >= 0.3 is 0 Å². The minimum atomic E-state index is 0. The second-order valence-corrected chi connectivity index (χ2v) is 6.17. The molecule has 0 radical (unpaired) electrons. The summed E-state index contributed by atoms with van der Waals surface area (Å²) in [6.45, 7) is 6.20. The average molecular weight is 368 g/mol. The van der Waals surface area contributed by atoms with E-state index in [1.165, 1.54) is 5.56 Å². The minimum absolute atomic E-state index is 0. The van der Waals surface area contributed by atoms with Gasteiger partial charge in [-0.1, -0.05) is 23.7 Å². The van der Waals surface area contributed by atoms with Crippen molar-refractivity contribution in [2.24, 2.45) is 5.92 Å². The molecule has 6 heteroatoms. The monoisotopic (exact) mass is 366 g/mol. The highest BCUT2D eigenvalue weighted by Gasteiger charge is 2.31. The molecule has 2 saturated heterocycles. The number of ether oxygens (including phenoxy) is 1. The van der Waals surface area contributed by atoms with Gasteiger partial charge in [-0.3, -0.25) is 4.90 Å². The number of halogens is 3. The van der Waals surface area contributed by atoms with Crippen molar-refractivity contribution in [3.63, 3.8) is 0 Å². The fraction of sp³-hybridized carbons (Fsp3) is 0.625. The van der Waals surface area contributed by atoms with Crippen molar-refractivity contribution in [1.82, 2.24) is 10.2 Å². The third-order valence-electron chi connectivity index (χ3n) is 4.45. The Labute approximate surface area is 150 Å². The maximum absolute atomic E-state index is 6.21. The molecule has 0 bridgehead atoms. The van der Waals surface area contributed by atoms with Crippen LogP contribution in [0.15, 0.2) is 24.3 Å². The second kappa shape index (κ2) is 9.96. The van der Waals surface area contributed by atoms with E-state index in [-0.39, 0.29) is 24.8 Å². The summed E-state index contributed by atoms with van der Waals surface area (Å²) in [5.41, 5.74) is 1.37. The smallest absolute Gasteiger partial charge is 0.0469 e. The van der Waals surface area contributed by atoms with Crippen LogP contribution in [-0.2, 0) is 4.74 Å². The van der Waals surface area contributed by atoms with E-state index >= 15 is 0 Å². The molecule has 2 aliphatic rings. The van der Waals surface area contributed by atoms with Crippen LogP contribution < -0.4 is 5.32 Å². The molecule has 0 aliphatic carbocycles. The van der Waals surface area contributed by atoms with Crippen molar-refractivity contribution >= 4 is 36.4 Å². The van der Waals surface area contributed by atoms with Gasteiger partial charge < -0.3 is 10.1 Å². The van der Waals surface area contributed by atoms with Crippen LogP contribution >= 0.6 is 36.4 Å². The predicted molar refractivity (Wildman–Crippen MR) is 96.7 cm³/mol. The number of piperazine rings is 1. The summed E-state index contributed by atoms with van der Waals surface area (Å²) in [6, 6.07) is 8.90. The number of benzene rings is 1. The first-order valence-corrected chi connectivity index (χ1v) is 8.00. The van der Waals surface area contributed by atoms with E-state index < -0.39 is 0 Å². The highest BCUT2D eigenvalue weighted by atomic mass is 35.5.